The Morgan fingerprint density at radius 3 is 1.56 bits per heavy atom. The normalized spacial score (nSPS) is 11.7. The summed E-state index contributed by atoms with van der Waals surface area (Å²) < 4.78 is 31.8. The Kier molecular flexibility index (Phi) is 11.9. The standard InChI is InChI=1S/C23H26N10O8S4/c1-6-38-18(34)12-16(42-22-14(26-30-44-22)20(36)40-8-3)32(28-24-12)10-11(5)33-17(13(25-29-33)19(35)39-7-2)43-23-15(27-31-45-23)21(37)41-9-4/h11H,6-10H2,1-5H3. The molecule has 0 radical (unpaired) electrons. The molecule has 0 spiro atoms. The molecule has 0 amide bonds. The molecule has 240 valence electrons. The van der Waals surface area contributed by atoms with Crippen molar-refractivity contribution in [3.8, 4) is 0 Å². The lowest BCUT2D eigenvalue weighted by molar-refractivity contribution is 0.0504. The van der Waals surface area contributed by atoms with Crippen LogP contribution in [0.25, 0.3) is 0 Å². The van der Waals surface area contributed by atoms with Crippen LogP contribution in [0.2, 0.25) is 0 Å². The van der Waals surface area contributed by atoms with Gasteiger partial charge in [-0.05, 0) is 57.7 Å². The second kappa shape index (κ2) is 15.8. The number of hydrogen-bond donors (Lipinski definition) is 0. The fourth-order valence-corrected chi connectivity index (χ4v) is 7.04. The zero-order valence-electron chi connectivity index (χ0n) is 24.5. The molecule has 0 aliphatic rings. The minimum absolute atomic E-state index is 0.0212. The molecule has 1 atom stereocenters. The molecule has 4 aromatic rings. The van der Waals surface area contributed by atoms with E-state index in [1.807, 2.05) is 0 Å². The van der Waals surface area contributed by atoms with Gasteiger partial charge in [-0.1, -0.05) is 42.9 Å². The molecule has 4 heterocycles. The smallest absolute Gasteiger partial charge is 0.361 e. The van der Waals surface area contributed by atoms with Crippen LogP contribution in [0, 0.1) is 0 Å². The summed E-state index contributed by atoms with van der Waals surface area (Å²) in [4.78, 5) is 50.5. The second-order valence-corrected chi connectivity index (χ2v) is 12.4. The van der Waals surface area contributed by atoms with Gasteiger partial charge < -0.3 is 18.9 Å². The molecule has 0 N–H and O–H groups in total. The third kappa shape index (κ3) is 7.80. The molecular weight excluding hydrogens is 673 g/mol. The Morgan fingerprint density at radius 1 is 0.644 bits per heavy atom. The van der Waals surface area contributed by atoms with Crippen LogP contribution >= 0.6 is 46.6 Å². The summed E-state index contributed by atoms with van der Waals surface area (Å²) >= 11 is 3.87. The van der Waals surface area contributed by atoms with E-state index in [1.165, 1.54) is 9.36 Å². The Morgan fingerprint density at radius 2 is 1.07 bits per heavy atom. The van der Waals surface area contributed by atoms with Gasteiger partial charge in [0.2, 0.25) is 11.4 Å². The molecule has 0 aliphatic heterocycles. The van der Waals surface area contributed by atoms with Crippen molar-refractivity contribution < 1.29 is 38.1 Å². The number of rotatable bonds is 15. The van der Waals surface area contributed by atoms with Crippen molar-refractivity contribution in [3.63, 3.8) is 0 Å². The molecule has 18 nitrogen and oxygen atoms in total. The molecule has 0 saturated carbocycles. The molecule has 0 aliphatic carbocycles. The zero-order valence-corrected chi connectivity index (χ0v) is 27.7. The number of carbonyl (C=O) groups excluding carboxylic acids is 4. The molecule has 0 bridgehead atoms. The largest absolute Gasteiger partial charge is 0.461 e. The van der Waals surface area contributed by atoms with Gasteiger partial charge in [-0.15, -0.1) is 20.4 Å². The first-order chi connectivity index (χ1) is 21.7. The van der Waals surface area contributed by atoms with E-state index in [0.717, 1.165) is 46.6 Å². The quantitative estimate of drug-likeness (QED) is 0.129. The van der Waals surface area contributed by atoms with Crippen molar-refractivity contribution in [3.05, 3.63) is 22.8 Å². The van der Waals surface area contributed by atoms with E-state index in [-0.39, 0.29) is 65.8 Å². The van der Waals surface area contributed by atoms with Crippen molar-refractivity contribution in [1.82, 2.24) is 49.2 Å². The van der Waals surface area contributed by atoms with Gasteiger partial charge in [-0.2, -0.15) is 0 Å². The van der Waals surface area contributed by atoms with E-state index in [0.29, 0.717) is 8.42 Å². The molecule has 4 aromatic heterocycles. The average Bonchev–Trinajstić information content (AvgIpc) is 3.81. The first kappa shape index (κ1) is 33.9. The van der Waals surface area contributed by atoms with Crippen molar-refractivity contribution in [2.24, 2.45) is 0 Å². The van der Waals surface area contributed by atoms with E-state index in [9.17, 15) is 19.2 Å². The summed E-state index contributed by atoms with van der Waals surface area (Å²) in [5.41, 5.74) is -0.224. The van der Waals surface area contributed by atoms with Crippen LogP contribution < -0.4 is 0 Å². The number of hydrogen-bond acceptors (Lipinski definition) is 20. The molecule has 1 unspecified atom stereocenters. The third-order valence-electron chi connectivity index (χ3n) is 5.37. The number of aromatic nitrogens is 10. The minimum Gasteiger partial charge on any atom is -0.461 e. The summed E-state index contributed by atoms with van der Waals surface area (Å²) in [5, 5.41) is 24.7. The van der Waals surface area contributed by atoms with Gasteiger partial charge in [0.1, 0.15) is 18.5 Å². The molecule has 0 aromatic carbocycles. The highest BCUT2D eigenvalue weighted by Gasteiger charge is 2.31. The predicted molar refractivity (Wildman–Crippen MR) is 157 cm³/mol. The predicted octanol–water partition coefficient (Wildman–Crippen LogP) is 2.84. The Balaban J connectivity index is 1.71. The van der Waals surface area contributed by atoms with E-state index >= 15 is 0 Å². The summed E-state index contributed by atoms with van der Waals surface area (Å²) in [5.74, 6) is -2.79. The highest BCUT2D eigenvalue weighted by atomic mass is 32.2. The highest BCUT2D eigenvalue weighted by molar-refractivity contribution is 8.01. The van der Waals surface area contributed by atoms with Crippen LogP contribution in [0.15, 0.2) is 18.5 Å². The summed E-state index contributed by atoms with van der Waals surface area (Å²) in [6.07, 6.45) is 0. The lowest BCUT2D eigenvalue weighted by atomic mass is 10.3. The maximum absolute atomic E-state index is 12.8. The molecule has 45 heavy (non-hydrogen) atoms. The van der Waals surface area contributed by atoms with Crippen LogP contribution in [0.3, 0.4) is 0 Å². The fraction of sp³-hybridized carbons (Fsp3) is 0.478. The lowest BCUT2D eigenvalue weighted by Gasteiger charge is -2.16. The molecule has 0 fully saturated rings. The molecule has 22 heteroatoms. The fourth-order valence-electron chi connectivity index (χ4n) is 3.50. The van der Waals surface area contributed by atoms with Crippen molar-refractivity contribution in [2.45, 2.75) is 65.7 Å². The first-order valence-electron chi connectivity index (χ1n) is 13.3. The van der Waals surface area contributed by atoms with E-state index in [1.54, 1.807) is 34.6 Å². The summed E-state index contributed by atoms with van der Waals surface area (Å²) in [6, 6.07) is -0.574. The van der Waals surface area contributed by atoms with Gasteiger partial charge in [-0.25, -0.2) is 28.5 Å². The maximum atomic E-state index is 12.8. The van der Waals surface area contributed by atoms with Crippen LogP contribution in [-0.4, -0.2) is 99.5 Å². The SMILES string of the molecule is CCOC(=O)c1nnsc1Sc1c(C(=O)OCC)nnn1CC(C)n1nnc(C(=O)OCC)c1Sc1snnc1C(=O)OCC. The Hall–Kier alpha value is -4.02. The minimum atomic E-state index is -0.723. The number of carbonyl (C=O) groups is 4. The molecule has 0 saturated heterocycles. The van der Waals surface area contributed by atoms with Gasteiger partial charge in [0.05, 0.1) is 39.0 Å². The van der Waals surface area contributed by atoms with Gasteiger partial charge in [0.15, 0.2) is 11.4 Å². The van der Waals surface area contributed by atoms with E-state index < -0.39 is 29.9 Å². The van der Waals surface area contributed by atoms with Gasteiger partial charge in [0.25, 0.3) is 0 Å². The average molecular weight is 699 g/mol. The summed E-state index contributed by atoms with van der Waals surface area (Å²) in [6.45, 7) is 8.92. The van der Waals surface area contributed by atoms with E-state index in [2.05, 4.69) is 39.8 Å². The zero-order chi connectivity index (χ0) is 32.5. The van der Waals surface area contributed by atoms with Crippen molar-refractivity contribution in [2.75, 3.05) is 26.4 Å². The van der Waals surface area contributed by atoms with Crippen molar-refractivity contribution >= 4 is 70.5 Å². The topological polar surface area (TPSA) is 218 Å². The van der Waals surface area contributed by atoms with Gasteiger partial charge in [0, 0.05) is 0 Å². The van der Waals surface area contributed by atoms with Crippen LogP contribution in [0.1, 0.15) is 82.6 Å². The lowest BCUT2D eigenvalue weighted by Crippen LogP contribution is -2.18. The van der Waals surface area contributed by atoms with Crippen LogP contribution in [0.5, 0.6) is 0 Å². The monoisotopic (exact) mass is 698 g/mol. The van der Waals surface area contributed by atoms with Gasteiger partial charge >= 0.3 is 23.9 Å². The molecular formula is C23H26N10O8S4. The second-order valence-electron chi connectivity index (χ2n) is 8.37. The Bertz CT molecular complexity index is 1670. The van der Waals surface area contributed by atoms with Crippen LogP contribution in [0.4, 0.5) is 0 Å². The maximum Gasteiger partial charge on any atom is 0.361 e. The number of esters is 4. The first-order valence-corrected chi connectivity index (χ1v) is 16.5. The van der Waals surface area contributed by atoms with E-state index in [4.69, 9.17) is 18.9 Å². The number of ether oxygens (including phenoxy) is 4. The van der Waals surface area contributed by atoms with Crippen molar-refractivity contribution in [1.29, 1.82) is 0 Å². The Labute approximate surface area is 271 Å². The van der Waals surface area contributed by atoms with Crippen LogP contribution in [-0.2, 0) is 25.5 Å². The summed E-state index contributed by atoms with van der Waals surface area (Å²) in [7, 11) is 0. The third-order valence-corrected chi connectivity index (χ3v) is 9.29. The number of nitrogens with zero attached hydrogens (tertiary/aromatic N) is 10. The highest BCUT2D eigenvalue weighted by Crippen LogP contribution is 2.38. The molecule has 4 rings (SSSR count). The van der Waals surface area contributed by atoms with Gasteiger partial charge in [-0.3, -0.25) is 0 Å².